The molecule has 0 spiro atoms. The van der Waals surface area contributed by atoms with E-state index in [4.69, 9.17) is 14.0 Å². The molecule has 0 N–H and O–H groups in total. The van der Waals surface area contributed by atoms with Gasteiger partial charge in [0.1, 0.15) is 5.82 Å². The molecule has 1 aromatic heterocycles. The number of carbonyl (C=O) groups is 1. The summed E-state index contributed by atoms with van der Waals surface area (Å²) >= 11 is 0. The van der Waals surface area contributed by atoms with Crippen LogP contribution in [0.15, 0.2) is 53.1 Å². The highest BCUT2D eigenvalue weighted by molar-refractivity contribution is 5.93. The van der Waals surface area contributed by atoms with Crippen LogP contribution >= 0.6 is 0 Å². The van der Waals surface area contributed by atoms with Gasteiger partial charge < -0.3 is 18.9 Å². The first-order chi connectivity index (χ1) is 13.6. The molecular weight excluding hydrogens is 363 g/mol. The number of aromatic nitrogens is 1. The Hall–Kier alpha value is -3.35. The van der Waals surface area contributed by atoms with Crippen molar-refractivity contribution in [2.45, 2.75) is 5.92 Å². The first-order valence-corrected chi connectivity index (χ1v) is 8.83. The molecule has 0 unspecified atom stereocenters. The average Bonchev–Trinajstić information content (AvgIpc) is 3.16. The summed E-state index contributed by atoms with van der Waals surface area (Å²) < 4.78 is 29.2. The zero-order valence-corrected chi connectivity index (χ0v) is 15.5. The second-order valence-electron chi connectivity index (χ2n) is 6.61. The molecule has 1 aliphatic heterocycles. The number of carbonyl (C=O) groups excluding carboxylic acids is 1. The van der Waals surface area contributed by atoms with Gasteiger partial charge >= 0.3 is 0 Å². The summed E-state index contributed by atoms with van der Waals surface area (Å²) in [6.07, 6.45) is 0. The molecule has 7 heteroatoms. The van der Waals surface area contributed by atoms with Crippen LogP contribution in [0, 0.1) is 5.82 Å². The zero-order chi connectivity index (χ0) is 19.7. The molecule has 1 aliphatic rings. The minimum atomic E-state index is -0.265. The Morgan fingerprint density at radius 1 is 1.11 bits per heavy atom. The minimum Gasteiger partial charge on any atom is -0.493 e. The quantitative estimate of drug-likeness (QED) is 0.673. The SMILES string of the molecule is COc1ccc(-c2cc(C(=O)N3CC(c4cccc(F)c4)C3)no2)cc1OC. The van der Waals surface area contributed by atoms with Gasteiger partial charge in [-0.2, -0.15) is 0 Å². The topological polar surface area (TPSA) is 64.8 Å². The fourth-order valence-corrected chi connectivity index (χ4v) is 3.28. The molecule has 2 heterocycles. The first-order valence-electron chi connectivity index (χ1n) is 8.83. The molecule has 0 bridgehead atoms. The van der Waals surface area contributed by atoms with Crippen molar-refractivity contribution in [1.82, 2.24) is 10.1 Å². The Morgan fingerprint density at radius 3 is 2.61 bits per heavy atom. The molecule has 2 aromatic carbocycles. The maximum Gasteiger partial charge on any atom is 0.276 e. The van der Waals surface area contributed by atoms with Crippen molar-refractivity contribution in [2.75, 3.05) is 27.3 Å². The van der Waals surface area contributed by atoms with Gasteiger partial charge in [-0.1, -0.05) is 17.3 Å². The summed E-state index contributed by atoms with van der Waals surface area (Å²) in [5.41, 5.74) is 1.86. The number of ether oxygens (including phenoxy) is 2. The van der Waals surface area contributed by atoms with E-state index in [1.807, 2.05) is 6.07 Å². The molecule has 0 saturated carbocycles. The number of rotatable bonds is 5. The van der Waals surface area contributed by atoms with Crippen LogP contribution in [0.5, 0.6) is 11.5 Å². The van der Waals surface area contributed by atoms with E-state index in [-0.39, 0.29) is 23.3 Å². The van der Waals surface area contributed by atoms with Crippen LogP contribution in [0.1, 0.15) is 22.0 Å². The van der Waals surface area contributed by atoms with Crippen molar-refractivity contribution in [3.63, 3.8) is 0 Å². The van der Waals surface area contributed by atoms with E-state index in [0.29, 0.717) is 30.3 Å². The van der Waals surface area contributed by atoms with E-state index in [0.717, 1.165) is 11.1 Å². The summed E-state index contributed by atoms with van der Waals surface area (Å²) in [7, 11) is 3.11. The van der Waals surface area contributed by atoms with E-state index in [1.165, 1.54) is 12.1 Å². The summed E-state index contributed by atoms with van der Waals surface area (Å²) in [4.78, 5) is 14.3. The summed E-state index contributed by atoms with van der Waals surface area (Å²) in [5, 5.41) is 3.91. The van der Waals surface area contributed by atoms with Crippen LogP contribution in [-0.2, 0) is 0 Å². The number of nitrogens with zero attached hydrogens (tertiary/aromatic N) is 2. The molecule has 1 saturated heterocycles. The fourth-order valence-electron chi connectivity index (χ4n) is 3.28. The molecule has 144 valence electrons. The Bertz CT molecular complexity index is 1010. The van der Waals surface area contributed by atoms with Crippen LogP contribution in [0.25, 0.3) is 11.3 Å². The highest BCUT2D eigenvalue weighted by atomic mass is 19.1. The number of halogens is 1. The second-order valence-corrected chi connectivity index (χ2v) is 6.61. The molecule has 0 radical (unpaired) electrons. The molecule has 4 rings (SSSR count). The average molecular weight is 382 g/mol. The number of hydrogen-bond donors (Lipinski definition) is 0. The maximum absolute atomic E-state index is 13.4. The van der Waals surface area contributed by atoms with E-state index >= 15 is 0 Å². The van der Waals surface area contributed by atoms with Gasteiger partial charge in [0.05, 0.1) is 14.2 Å². The van der Waals surface area contributed by atoms with Gasteiger partial charge in [0.2, 0.25) is 0 Å². The fraction of sp³-hybridized carbons (Fsp3) is 0.238. The van der Waals surface area contributed by atoms with Crippen molar-refractivity contribution in [3.8, 4) is 22.8 Å². The number of amides is 1. The van der Waals surface area contributed by atoms with Crippen LogP contribution in [0.3, 0.4) is 0 Å². The van der Waals surface area contributed by atoms with Crippen LogP contribution in [0.4, 0.5) is 4.39 Å². The van der Waals surface area contributed by atoms with Gasteiger partial charge in [-0.05, 0) is 35.9 Å². The molecule has 1 amide bonds. The van der Waals surface area contributed by atoms with E-state index < -0.39 is 0 Å². The number of likely N-dealkylation sites (tertiary alicyclic amines) is 1. The van der Waals surface area contributed by atoms with E-state index in [1.54, 1.807) is 49.5 Å². The van der Waals surface area contributed by atoms with Gasteiger partial charge in [0, 0.05) is 30.6 Å². The number of methoxy groups -OCH3 is 2. The molecular formula is C21H19FN2O4. The first kappa shape index (κ1) is 18.0. The standard InChI is InChI=1S/C21H19FN2O4/c1-26-18-7-6-14(9-20(18)27-2)19-10-17(23-28-19)21(25)24-11-15(12-24)13-4-3-5-16(22)8-13/h3-10,15H,11-12H2,1-2H3. The van der Waals surface area contributed by atoms with Crippen molar-refractivity contribution in [1.29, 1.82) is 0 Å². The highest BCUT2D eigenvalue weighted by Crippen LogP contribution is 2.33. The molecule has 3 aromatic rings. The Morgan fingerprint density at radius 2 is 1.89 bits per heavy atom. The number of hydrogen-bond acceptors (Lipinski definition) is 5. The monoisotopic (exact) mass is 382 g/mol. The van der Waals surface area contributed by atoms with Crippen LogP contribution in [0.2, 0.25) is 0 Å². The largest absolute Gasteiger partial charge is 0.493 e. The highest BCUT2D eigenvalue weighted by Gasteiger charge is 2.33. The normalized spacial score (nSPS) is 13.9. The lowest BCUT2D eigenvalue weighted by atomic mass is 9.91. The van der Waals surface area contributed by atoms with Crippen LogP contribution < -0.4 is 9.47 Å². The molecule has 0 atom stereocenters. The minimum absolute atomic E-state index is 0.136. The summed E-state index contributed by atoms with van der Waals surface area (Å²) in [6.45, 7) is 1.06. The smallest absolute Gasteiger partial charge is 0.276 e. The van der Waals surface area contributed by atoms with E-state index in [9.17, 15) is 9.18 Å². The van der Waals surface area contributed by atoms with Gasteiger partial charge in [-0.15, -0.1) is 0 Å². The lowest BCUT2D eigenvalue weighted by Gasteiger charge is -2.39. The van der Waals surface area contributed by atoms with Gasteiger partial charge in [-0.3, -0.25) is 4.79 Å². The predicted octanol–water partition coefficient (Wildman–Crippen LogP) is 3.74. The summed E-state index contributed by atoms with van der Waals surface area (Å²) in [6, 6.07) is 13.4. The molecule has 6 nitrogen and oxygen atoms in total. The molecule has 1 fully saturated rings. The van der Waals surface area contributed by atoms with Gasteiger partial charge in [0.25, 0.3) is 5.91 Å². The molecule has 28 heavy (non-hydrogen) atoms. The second kappa shape index (κ2) is 7.34. The zero-order valence-electron chi connectivity index (χ0n) is 15.5. The maximum atomic E-state index is 13.4. The number of benzene rings is 2. The van der Waals surface area contributed by atoms with Crippen molar-refractivity contribution >= 4 is 5.91 Å². The third-order valence-electron chi connectivity index (χ3n) is 4.89. The Labute approximate surface area is 161 Å². The van der Waals surface area contributed by atoms with E-state index in [2.05, 4.69) is 5.16 Å². The van der Waals surface area contributed by atoms with Gasteiger partial charge in [-0.25, -0.2) is 4.39 Å². The lowest BCUT2D eigenvalue weighted by Crippen LogP contribution is -2.48. The lowest BCUT2D eigenvalue weighted by molar-refractivity contribution is 0.0591. The predicted molar refractivity (Wildman–Crippen MR) is 100 cm³/mol. The van der Waals surface area contributed by atoms with Crippen LogP contribution in [-0.4, -0.2) is 43.3 Å². The van der Waals surface area contributed by atoms with Gasteiger partial charge in [0.15, 0.2) is 23.0 Å². The van der Waals surface area contributed by atoms with Crippen molar-refractivity contribution < 1.29 is 23.2 Å². The summed E-state index contributed by atoms with van der Waals surface area (Å²) in [5.74, 6) is 1.29. The third-order valence-corrected chi connectivity index (χ3v) is 4.89. The van der Waals surface area contributed by atoms with Crippen molar-refractivity contribution in [2.24, 2.45) is 0 Å². The third kappa shape index (κ3) is 3.31. The Balaban J connectivity index is 1.46. The van der Waals surface area contributed by atoms with Crippen molar-refractivity contribution in [3.05, 3.63) is 65.6 Å². The Kier molecular flexibility index (Phi) is 4.73. The molecule has 0 aliphatic carbocycles.